The fourth-order valence-corrected chi connectivity index (χ4v) is 6.40. The van der Waals surface area contributed by atoms with Gasteiger partial charge >= 0.3 is 0 Å². The number of amides is 1. The highest BCUT2D eigenvalue weighted by Gasteiger charge is 2.33. The first-order valence-corrected chi connectivity index (χ1v) is 13.2. The summed E-state index contributed by atoms with van der Waals surface area (Å²) < 4.78 is 39.0. The van der Waals surface area contributed by atoms with Crippen LogP contribution < -0.4 is 9.47 Å². The van der Waals surface area contributed by atoms with Crippen LogP contribution in [0.3, 0.4) is 0 Å². The third kappa shape index (κ3) is 4.69. The van der Waals surface area contributed by atoms with Crippen molar-refractivity contribution in [2.45, 2.75) is 44.0 Å². The predicted octanol–water partition coefficient (Wildman–Crippen LogP) is 4.51. The lowest BCUT2D eigenvalue weighted by Gasteiger charge is -2.26. The average molecular weight is 493 g/mol. The van der Waals surface area contributed by atoms with Crippen LogP contribution in [0.5, 0.6) is 11.5 Å². The summed E-state index contributed by atoms with van der Waals surface area (Å²) in [5.41, 5.74) is 1.29. The van der Waals surface area contributed by atoms with E-state index in [2.05, 4.69) is 0 Å². The number of halogens is 1. The smallest absolute Gasteiger partial charge is 0.254 e. The van der Waals surface area contributed by atoms with Gasteiger partial charge in [-0.3, -0.25) is 4.79 Å². The Hall–Kier alpha value is -2.29. The van der Waals surface area contributed by atoms with Gasteiger partial charge in [0.2, 0.25) is 10.0 Å². The molecular formula is C24H29ClN2O5S. The molecule has 9 heteroatoms. The zero-order chi connectivity index (χ0) is 23.6. The molecule has 7 nitrogen and oxygen atoms in total. The van der Waals surface area contributed by atoms with Crippen molar-refractivity contribution in [3.05, 3.63) is 52.5 Å². The number of likely N-dealkylation sites (tertiary alicyclic amines) is 1. The predicted molar refractivity (Wildman–Crippen MR) is 127 cm³/mol. The number of ether oxygens (including phenoxy) is 2. The summed E-state index contributed by atoms with van der Waals surface area (Å²) in [5, 5.41) is 0.110. The number of nitrogens with zero attached hydrogens (tertiary/aromatic N) is 2. The van der Waals surface area contributed by atoms with Crippen LogP contribution >= 0.6 is 11.6 Å². The third-order valence-corrected chi connectivity index (χ3v) is 8.70. The fraction of sp³-hybridized carbons (Fsp3) is 0.458. The molecule has 0 bridgehead atoms. The molecule has 0 saturated carbocycles. The number of hydrogen-bond donors (Lipinski definition) is 0. The molecule has 0 aromatic heterocycles. The van der Waals surface area contributed by atoms with Crippen molar-refractivity contribution < 1.29 is 22.7 Å². The number of carbonyl (C=O) groups excluding carboxylic acids is 1. The maximum Gasteiger partial charge on any atom is 0.254 e. The number of carbonyl (C=O) groups is 1. The topological polar surface area (TPSA) is 76.2 Å². The molecule has 4 rings (SSSR count). The summed E-state index contributed by atoms with van der Waals surface area (Å²) in [6.07, 6.45) is 2.51. The zero-order valence-electron chi connectivity index (χ0n) is 18.9. The Labute approximate surface area is 200 Å². The molecule has 0 spiro atoms. The van der Waals surface area contributed by atoms with E-state index in [0.717, 1.165) is 30.6 Å². The quantitative estimate of drug-likeness (QED) is 0.593. The molecule has 178 valence electrons. The summed E-state index contributed by atoms with van der Waals surface area (Å²) in [4.78, 5) is 15.3. The van der Waals surface area contributed by atoms with E-state index in [1.54, 1.807) is 24.8 Å². The Balaban J connectivity index is 1.64. The van der Waals surface area contributed by atoms with E-state index in [4.69, 9.17) is 21.1 Å². The monoisotopic (exact) mass is 492 g/mol. The number of rotatable bonds is 6. The van der Waals surface area contributed by atoms with Crippen LogP contribution in [0.4, 0.5) is 0 Å². The molecule has 1 amide bonds. The van der Waals surface area contributed by atoms with E-state index in [1.165, 1.54) is 16.4 Å². The number of fused-ring (bicyclic) bond motifs is 1. The van der Waals surface area contributed by atoms with Crippen molar-refractivity contribution in [3.63, 3.8) is 0 Å². The summed E-state index contributed by atoms with van der Waals surface area (Å²) in [6.45, 7) is 6.01. The van der Waals surface area contributed by atoms with Crippen molar-refractivity contribution >= 4 is 27.5 Å². The van der Waals surface area contributed by atoms with Crippen molar-refractivity contribution in [3.8, 4) is 11.5 Å². The summed E-state index contributed by atoms with van der Waals surface area (Å²) in [5.74, 6) is 1.21. The Kier molecular flexibility index (Phi) is 7.16. The van der Waals surface area contributed by atoms with Crippen LogP contribution in [-0.2, 0) is 10.0 Å². The lowest BCUT2D eigenvalue weighted by atomic mass is 10.0. The molecule has 0 unspecified atom stereocenters. The van der Waals surface area contributed by atoms with Crippen LogP contribution in [0.15, 0.2) is 41.3 Å². The van der Waals surface area contributed by atoms with Crippen LogP contribution in [0.1, 0.15) is 55.1 Å². The summed E-state index contributed by atoms with van der Waals surface area (Å²) in [6, 6.07) is 10.2. The average Bonchev–Trinajstić information content (AvgIpc) is 3.18. The van der Waals surface area contributed by atoms with Crippen molar-refractivity contribution in [1.82, 2.24) is 9.21 Å². The molecule has 1 fully saturated rings. The molecule has 0 N–H and O–H groups in total. The van der Waals surface area contributed by atoms with Crippen molar-refractivity contribution in [2.75, 3.05) is 32.8 Å². The molecule has 2 heterocycles. The zero-order valence-corrected chi connectivity index (χ0v) is 20.5. The molecule has 2 aliphatic heterocycles. The van der Waals surface area contributed by atoms with Gasteiger partial charge in [-0.1, -0.05) is 31.5 Å². The van der Waals surface area contributed by atoms with Crippen LogP contribution in [0.25, 0.3) is 0 Å². The Bertz CT molecular complexity index is 1130. The maximum atomic E-state index is 13.5. The standard InChI is InChI=1S/C24H29ClN2O5S/c1-3-26(4-2)33(29,30)23-16-18(8-10-19(23)25)24(28)27-12-5-7-20(27)17-9-11-21-22(15-17)32-14-6-13-31-21/h8-11,15-16,20H,3-7,12-14H2,1-2H3/t20-/m1/s1. The number of sulfonamides is 1. The van der Waals surface area contributed by atoms with Gasteiger partial charge in [-0.2, -0.15) is 4.31 Å². The Morgan fingerprint density at radius 2 is 1.79 bits per heavy atom. The van der Waals surface area contributed by atoms with Gasteiger partial charge in [0.05, 0.1) is 24.3 Å². The second-order valence-electron chi connectivity index (χ2n) is 8.15. The van der Waals surface area contributed by atoms with Crippen molar-refractivity contribution in [1.29, 1.82) is 0 Å². The SMILES string of the molecule is CCN(CC)S(=O)(=O)c1cc(C(=O)N2CCC[C@@H]2c2ccc3c(c2)OCCCO3)ccc1Cl. The molecule has 0 aliphatic carbocycles. The maximum absolute atomic E-state index is 13.5. The minimum absolute atomic E-state index is 0.0370. The lowest BCUT2D eigenvalue weighted by Crippen LogP contribution is -2.32. The molecule has 0 radical (unpaired) electrons. The van der Waals surface area contributed by atoms with Crippen molar-refractivity contribution in [2.24, 2.45) is 0 Å². The van der Waals surface area contributed by atoms with Gasteiger partial charge in [0.25, 0.3) is 5.91 Å². The minimum Gasteiger partial charge on any atom is -0.490 e. The van der Waals surface area contributed by atoms with E-state index in [0.29, 0.717) is 44.2 Å². The Morgan fingerprint density at radius 1 is 1.06 bits per heavy atom. The van der Waals surface area contributed by atoms with Gasteiger partial charge in [0.15, 0.2) is 11.5 Å². The van der Waals surface area contributed by atoms with E-state index in [9.17, 15) is 13.2 Å². The van der Waals surface area contributed by atoms with Crippen LogP contribution in [-0.4, -0.2) is 56.4 Å². The highest BCUT2D eigenvalue weighted by molar-refractivity contribution is 7.89. The van der Waals surface area contributed by atoms with Gasteiger partial charge in [-0.25, -0.2) is 8.42 Å². The van der Waals surface area contributed by atoms with Gasteiger partial charge in [0.1, 0.15) is 4.90 Å². The van der Waals surface area contributed by atoms with E-state index >= 15 is 0 Å². The molecule has 2 aromatic rings. The Morgan fingerprint density at radius 3 is 2.52 bits per heavy atom. The lowest BCUT2D eigenvalue weighted by molar-refractivity contribution is 0.0735. The molecule has 1 saturated heterocycles. The minimum atomic E-state index is -3.79. The second-order valence-corrected chi connectivity index (χ2v) is 10.5. The molecular weight excluding hydrogens is 464 g/mol. The third-order valence-electron chi connectivity index (χ3n) is 6.17. The largest absolute Gasteiger partial charge is 0.490 e. The van der Waals surface area contributed by atoms with E-state index < -0.39 is 10.0 Å². The van der Waals surface area contributed by atoms with E-state index in [-0.39, 0.29) is 21.9 Å². The van der Waals surface area contributed by atoms with Gasteiger partial charge in [-0.15, -0.1) is 0 Å². The molecule has 2 aromatic carbocycles. The normalized spacial score (nSPS) is 18.4. The van der Waals surface area contributed by atoms with Crippen LogP contribution in [0.2, 0.25) is 5.02 Å². The summed E-state index contributed by atoms with van der Waals surface area (Å²) in [7, 11) is -3.79. The summed E-state index contributed by atoms with van der Waals surface area (Å²) >= 11 is 6.25. The highest BCUT2D eigenvalue weighted by Crippen LogP contribution is 2.39. The van der Waals surface area contributed by atoms with Crippen LogP contribution in [0, 0.1) is 0 Å². The van der Waals surface area contributed by atoms with Gasteiger partial charge < -0.3 is 14.4 Å². The highest BCUT2D eigenvalue weighted by atomic mass is 35.5. The first-order chi connectivity index (χ1) is 15.9. The molecule has 1 atom stereocenters. The number of hydrogen-bond acceptors (Lipinski definition) is 5. The molecule has 33 heavy (non-hydrogen) atoms. The first kappa shape index (κ1) is 23.9. The van der Waals surface area contributed by atoms with E-state index in [1.807, 2.05) is 18.2 Å². The fourth-order valence-electron chi connectivity index (χ4n) is 4.45. The second kappa shape index (κ2) is 9.91. The van der Waals surface area contributed by atoms with Gasteiger partial charge in [0, 0.05) is 31.6 Å². The molecule has 2 aliphatic rings. The number of benzene rings is 2. The van der Waals surface area contributed by atoms with Gasteiger partial charge in [-0.05, 0) is 48.7 Å². The first-order valence-electron chi connectivity index (χ1n) is 11.4.